The number of halogens is 2. The minimum atomic E-state index is -1.22. The number of carbonyl (C=O) groups excluding carboxylic acids is 3. The molecule has 0 saturated carbocycles. The van der Waals surface area contributed by atoms with Gasteiger partial charge in [-0.25, -0.2) is 14.8 Å². The average molecular weight is 966 g/mol. The minimum Gasteiger partial charge on any atom is -0.478 e. The van der Waals surface area contributed by atoms with Crippen LogP contribution in [0.3, 0.4) is 0 Å². The highest BCUT2D eigenvalue weighted by atomic mass is 79.9. The van der Waals surface area contributed by atoms with Crippen LogP contribution in [0.5, 0.6) is 0 Å². The molecule has 5 heterocycles. The van der Waals surface area contributed by atoms with E-state index >= 15 is 0 Å². The van der Waals surface area contributed by atoms with Crippen LogP contribution in [0, 0.1) is 0 Å². The molecule has 0 bridgehead atoms. The Morgan fingerprint density at radius 1 is 0.508 bits per heavy atom. The van der Waals surface area contributed by atoms with Crippen LogP contribution >= 0.6 is 31.9 Å². The Hall–Kier alpha value is -7.16. The van der Waals surface area contributed by atoms with Crippen LogP contribution < -0.4 is 10.9 Å². The molecule has 312 valence electrons. The molecule has 0 radical (unpaired) electrons. The summed E-state index contributed by atoms with van der Waals surface area (Å²) in [7, 11) is 0. The number of nitrogens with zero attached hydrogens (tertiary/aromatic N) is 5. The lowest BCUT2D eigenvalue weighted by Gasteiger charge is -2.31. The van der Waals surface area contributed by atoms with Crippen LogP contribution in [-0.2, 0) is 13.1 Å². The SMILES string of the molecule is O=C(O)c1ccccc1C(=O)c1cn(Cc2cccc(Br)n2)c2ccccc2c1=O.O=C(c1ccccc1C(=O)N1CCC1)c1cn(Cc2cccc(Br)n2)c2ccccc2c1=O. The second-order valence-corrected chi connectivity index (χ2v) is 16.3. The van der Waals surface area contributed by atoms with Crippen LogP contribution in [0.2, 0.25) is 0 Å². The standard InChI is InChI=1S/C26H20BrN3O3.C23H15BrN2O4/c27-23-12-5-7-17(28-23)15-30-16-21(25(32)20-10-3-4-11-22(20)30)24(31)18-8-1-2-9-19(18)26(33)29-13-6-14-29;24-20-11-5-6-14(25-20)12-26-13-18(22(28)17-9-3-4-10-19(17)26)21(27)15-7-1-2-8-16(15)23(29)30/h1-5,7-12,16H,6,13-15H2;1-11,13H,12H2,(H,29,30). The Morgan fingerprint density at radius 3 is 1.35 bits per heavy atom. The maximum atomic E-state index is 13.6. The molecular formula is C49H35Br2N5O7. The number of ketones is 2. The van der Waals surface area contributed by atoms with Crippen molar-refractivity contribution in [3.8, 4) is 0 Å². The summed E-state index contributed by atoms with van der Waals surface area (Å²) in [6.45, 7) is 2.09. The fourth-order valence-corrected chi connectivity index (χ4v) is 8.18. The topological polar surface area (TPSA) is 162 Å². The number of carboxylic acids is 1. The van der Waals surface area contributed by atoms with Crippen molar-refractivity contribution in [2.45, 2.75) is 19.5 Å². The normalized spacial score (nSPS) is 12.0. The Bertz CT molecular complexity index is 3250. The van der Waals surface area contributed by atoms with Gasteiger partial charge >= 0.3 is 5.97 Å². The summed E-state index contributed by atoms with van der Waals surface area (Å²) in [5.41, 5.74) is 2.47. The summed E-state index contributed by atoms with van der Waals surface area (Å²) in [6, 6.07) is 37.9. The number of para-hydroxylation sites is 2. The lowest BCUT2D eigenvalue weighted by molar-refractivity contribution is 0.0647. The summed E-state index contributed by atoms with van der Waals surface area (Å²) in [6.07, 6.45) is 4.02. The van der Waals surface area contributed by atoms with Gasteiger partial charge in [0, 0.05) is 47.4 Å². The maximum Gasteiger partial charge on any atom is 0.336 e. The van der Waals surface area contributed by atoms with Gasteiger partial charge in [0.05, 0.1) is 57.8 Å². The minimum absolute atomic E-state index is 0.0236. The van der Waals surface area contributed by atoms with Crippen LogP contribution in [-0.4, -0.2) is 65.6 Å². The molecule has 4 aromatic carbocycles. The molecule has 1 aliphatic heterocycles. The van der Waals surface area contributed by atoms with E-state index < -0.39 is 23.0 Å². The average Bonchev–Trinajstić information content (AvgIpc) is 3.27. The van der Waals surface area contributed by atoms with Gasteiger partial charge in [0.15, 0.2) is 11.6 Å². The van der Waals surface area contributed by atoms with Crippen molar-refractivity contribution in [3.63, 3.8) is 0 Å². The van der Waals surface area contributed by atoms with E-state index in [1.807, 2.05) is 59.2 Å². The Labute approximate surface area is 376 Å². The van der Waals surface area contributed by atoms with E-state index in [4.69, 9.17) is 0 Å². The smallest absolute Gasteiger partial charge is 0.336 e. The molecule has 12 nitrogen and oxygen atoms in total. The van der Waals surface area contributed by atoms with Crippen molar-refractivity contribution >= 4 is 77.1 Å². The molecule has 1 aliphatic rings. The van der Waals surface area contributed by atoms with Crippen molar-refractivity contribution in [2.24, 2.45) is 0 Å². The van der Waals surface area contributed by atoms with Crippen molar-refractivity contribution < 1.29 is 24.3 Å². The van der Waals surface area contributed by atoms with Gasteiger partial charge in [-0.1, -0.05) is 72.8 Å². The van der Waals surface area contributed by atoms with Crippen LogP contribution in [0.4, 0.5) is 0 Å². The van der Waals surface area contributed by atoms with E-state index in [-0.39, 0.29) is 39.2 Å². The van der Waals surface area contributed by atoms with Crippen molar-refractivity contribution in [2.75, 3.05) is 13.1 Å². The largest absolute Gasteiger partial charge is 0.478 e. The molecule has 1 amide bonds. The first-order valence-electron chi connectivity index (χ1n) is 19.8. The van der Waals surface area contributed by atoms with Gasteiger partial charge in [-0.3, -0.25) is 24.0 Å². The quantitative estimate of drug-likeness (QED) is 0.105. The summed E-state index contributed by atoms with van der Waals surface area (Å²) in [5, 5.41) is 10.3. The first-order valence-corrected chi connectivity index (χ1v) is 21.3. The van der Waals surface area contributed by atoms with Gasteiger partial charge in [-0.15, -0.1) is 0 Å². The molecule has 1 saturated heterocycles. The third kappa shape index (κ3) is 8.94. The molecule has 14 heteroatoms. The third-order valence-electron chi connectivity index (χ3n) is 10.6. The third-order valence-corrected chi connectivity index (χ3v) is 11.5. The van der Waals surface area contributed by atoms with E-state index in [9.17, 15) is 33.9 Å². The van der Waals surface area contributed by atoms with E-state index in [0.717, 1.165) is 17.8 Å². The molecule has 1 N–H and O–H groups in total. The van der Waals surface area contributed by atoms with Crippen molar-refractivity contribution in [1.82, 2.24) is 24.0 Å². The van der Waals surface area contributed by atoms with Crippen molar-refractivity contribution in [1.29, 1.82) is 0 Å². The number of amides is 1. The van der Waals surface area contributed by atoms with Gasteiger partial charge in [0.1, 0.15) is 9.21 Å². The number of carbonyl (C=O) groups is 4. The number of rotatable bonds is 10. The number of aromatic nitrogens is 4. The van der Waals surface area contributed by atoms with Crippen molar-refractivity contribution in [3.05, 3.63) is 220 Å². The molecule has 0 atom stereocenters. The monoisotopic (exact) mass is 963 g/mol. The number of fused-ring (bicyclic) bond motifs is 2. The van der Waals surface area contributed by atoms with Gasteiger partial charge in [0.2, 0.25) is 10.9 Å². The van der Waals surface area contributed by atoms with Gasteiger partial charge < -0.3 is 19.1 Å². The highest BCUT2D eigenvalue weighted by Gasteiger charge is 2.28. The molecule has 0 unspecified atom stereocenters. The predicted octanol–water partition coefficient (Wildman–Crippen LogP) is 8.42. The highest BCUT2D eigenvalue weighted by molar-refractivity contribution is 9.10. The number of carboxylic acid groups (broad SMARTS) is 1. The zero-order valence-electron chi connectivity index (χ0n) is 33.3. The Balaban J connectivity index is 0.000000174. The Kier molecular flexibility index (Phi) is 12.4. The van der Waals surface area contributed by atoms with E-state index in [1.54, 1.807) is 76.3 Å². The molecule has 63 heavy (non-hydrogen) atoms. The van der Waals surface area contributed by atoms with Gasteiger partial charge in [0.25, 0.3) is 5.91 Å². The number of hydrogen-bond donors (Lipinski definition) is 1. The lowest BCUT2D eigenvalue weighted by Crippen LogP contribution is -2.42. The van der Waals surface area contributed by atoms with Gasteiger partial charge in [-0.2, -0.15) is 0 Å². The molecule has 4 aromatic heterocycles. The molecular weight excluding hydrogens is 930 g/mol. The highest BCUT2D eigenvalue weighted by Crippen LogP contribution is 2.22. The summed E-state index contributed by atoms with van der Waals surface area (Å²) < 4.78 is 5.03. The molecule has 8 aromatic rings. The first kappa shape index (κ1) is 42.5. The number of benzene rings is 4. The summed E-state index contributed by atoms with van der Waals surface area (Å²) in [4.78, 5) is 88.3. The van der Waals surface area contributed by atoms with Crippen LogP contribution in [0.25, 0.3) is 21.8 Å². The second kappa shape index (κ2) is 18.4. The number of hydrogen-bond acceptors (Lipinski definition) is 8. The fraction of sp³-hybridized carbons (Fsp3) is 0.102. The van der Waals surface area contributed by atoms with E-state index in [2.05, 4.69) is 41.8 Å². The molecule has 1 fully saturated rings. The Morgan fingerprint density at radius 2 is 0.921 bits per heavy atom. The number of pyridine rings is 4. The number of likely N-dealkylation sites (tertiary alicyclic amines) is 1. The molecule has 0 aliphatic carbocycles. The van der Waals surface area contributed by atoms with E-state index in [0.29, 0.717) is 62.8 Å². The maximum absolute atomic E-state index is 13.6. The molecule has 9 rings (SSSR count). The summed E-state index contributed by atoms with van der Waals surface area (Å²) >= 11 is 6.74. The molecule has 0 spiro atoms. The first-order chi connectivity index (χ1) is 30.5. The zero-order chi connectivity index (χ0) is 44.2. The lowest BCUT2D eigenvalue weighted by atomic mass is 9.96. The zero-order valence-corrected chi connectivity index (χ0v) is 36.5. The van der Waals surface area contributed by atoms with Crippen LogP contribution in [0.1, 0.15) is 70.4 Å². The van der Waals surface area contributed by atoms with Crippen LogP contribution in [0.15, 0.2) is 165 Å². The predicted molar refractivity (Wildman–Crippen MR) is 246 cm³/mol. The van der Waals surface area contributed by atoms with E-state index in [1.165, 1.54) is 24.4 Å². The fourth-order valence-electron chi connectivity index (χ4n) is 7.42. The second-order valence-electron chi connectivity index (χ2n) is 14.6. The number of aromatic carboxylic acids is 1. The van der Waals surface area contributed by atoms with Gasteiger partial charge in [-0.05, 0) is 98.9 Å². The summed E-state index contributed by atoms with van der Waals surface area (Å²) in [5.74, 6) is -2.48.